The van der Waals surface area contributed by atoms with Crippen molar-refractivity contribution in [2.75, 3.05) is 19.5 Å². The number of nitrogens with two attached hydrogens (primary N) is 1. The number of aliphatic hydroxyl groups is 1. The van der Waals surface area contributed by atoms with E-state index in [1.165, 1.54) is 5.56 Å². The summed E-state index contributed by atoms with van der Waals surface area (Å²) in [5.74, 6) is 5.54. The highest BCUT2D eigenvalue weighted by atomic mass is 16.5. The summed E-state index contributed by atoms with van der Waals surface area (Å²) in [6.45, 7) is 2.46. The third kappa shape index (κ3) is 9.51. The first-order valence-corrected chi connectivity index (χ1v) is 20.3. The average Bonchev–Trinajstić information content (AvgIpc) is 3.22. The van der Waals surface area contributed by atoms with Crippen LogP contribution >= 0.6 is 0 Å². The third-order valence-corrected chi connectivity index (χ3v) is 11.6. The molecule has 4 atom stereocenters. The Hall–Kier alpha value is -6.14. The second kappa shape index (κ2) is 18.4. The summed E-state index contributed by atoms with van der Waals surface area (Å²) in [6.07, 6.45) is 18.2. The summed E-state index contributed by atoms with van der Waals surface area (Å²) in [7, 11) is 3.28. The molecule has 4 aliphatic rings. The minimum Gasteiger partial charge on any atom is -0.508 e. The number of allylic oxidation sites excluding steroid dienone is 4. The Labute approximate surface area is 341 Å². The second-order valence-electron chi connectivity index (χ2n) is 15.6. The monoisotopic (exact) mass is 779 g/mol. The lowest BCUT2D eigenvalue weighted by molar-refractivity contribution is -0.121. The van der Waals surface area contributed by atoms with Gasteiger partial charge in [-0.3, -0.25) is 9.79 Å². The first kappa shape index (κ1) is 40.1. The topological polar surface area (TPSA) is 136 Å². The number of nitrogens with one attached hydrogen (secondary N) is 1. The maximum atomic E-state index is 13.6. The molecule has 0 saturated heterocycles. The molecule has 9 heteroatoms. The number of ketones is 1. The number of hydrogen-bond acceptors (Lipinski definition) is 7. The molecule has 4 aromatic carbocycles. The number of unbranched alkanes of at least 4 members (excludes halogenated alkanes) is 1. The summed E-state index contributed by atoms with van der Waals surface area (Å²) in [6, 6.07) is 20.0. The van der Waals surface area contributed by atoms with Gasteiger partial charge in [0.25, 0.3) is 0 Å². The zero-order chi connectivity index (χ0) is 40.6. The fraction of sp³-hybridized carbons (Fsp3) is 0.347. The number of carbonyl (C=O) groups excluding carboxylic acids is 1. The van der Waals surface area contributed by atoms with Gasteiger partial charge in [0.05, 0.1) is 7.11 Å². The summed E-state index contributed by atoms with van der Waals surface area (Å²) < 4.78 is 18.3. The molecule has 0 radical (unpaired) electrons. The van der Waals surface area contributed by atoms with Gasteiger partial charge in [0.1, 0.15) is 36.1 Å². The third-order valence-electron chi connectivity index (χ3n) is 11.6. The predicted molar refractivity (Wildman–Crippen MR) is 231 cm³/mol. The number of fused-ring (bicyclic) bond motifs is 9. The quantitative estimate of drug-likeness (QED) is 0.0571. The molecule has 5 N–H and O–H groups in total. The number of aromatic hydroxyl groups is 1. The van der Waals surface area contributed by atoms with Crippen molar-refractivity contribution >= 4 is 34.3 Å². The van der Waals surface area contributed by atoms with E-state index >= 15 is 0 Å². The number of benzene rings is 4. The van der Waals surface area contributed by atoms with Crippen molar-refractivity contribution in [3.63, 3.8) is 0 Å². The lowest BCUT2D eigenvalue weighted by atomic mass is 9.80. The Balaban J connectivity index is 1.12. The van der Waals surface area contributed by atoms with Crippen molar-refractivity contribution in [1.82, 2.24) is 0 Å². The first-order valence-electron chi connectivity index (χ1n) is 20.3. The van der Waals surface area contributed by atoms with E-state index in [0.29, 0.717) is 43.3 Å². The van der Waals surface area contributed by atoms with Crippen LogP contribution in [-0.2, 0) is 35.4 Å². The molecule has 300 valence electrons. The molecule has 0 saturated carbocycles. The molecule has 0 spiro atoms. The van der Waals surface area contributed by atoms with Crippen LogP contribution in [0.3, 0.4) is 0 Å². The number of anilines is 1. The van der Waals surface area contributed by atoms with Crippen LogP contribution in [0.2, 0.25) is 0 Å². The number of Topliss-reactive ketones (excluding diaryl/α,β-unsaturated/α-hetero) is 1. The number of phenolic OH excluding ortho intramolecular Hbond substituents is 1. The minimum absolute atomic E-state index is 0.0370. The molecule has 0 fully saturated rings. The standard InChI is InChI=1S/C49H53N3O6/c1-31-13-20-41-35-17-21-43-42(45(55)29-44(31)48(41)43)12-7-23-57-40(28-39(54)18-14-33-15-22-46(56-3)47(25-33)58-30-35)27-36-26-38(53)19-16-34(36)10-5-4-8-32-9-6-11-37(24-32)52-49(50)51-2/h6,9,11,13,15-17,19-22,24-26,29,31,34,36,40,53,55H,4-5,8,10,12,14,18,27-28,30H2,1-3H3,(H3,50,51,52)/t31-,34+,36+,40-/m0/s1. The Bertz CT molecular complexity index is 2350. The number of hydrogen-bond donors (Lipinski definition) is 4. The first-order chi connectivity index (χ1) is 28.2. The number of aliphatic imine (C=N–C) groups is 1. The molecule has 4 aromatic rings. The Morgan fingerprint density at radius 1 is 1.03 bits per heavy atom. The summed E-state index contributed by atoms with van der Waals surface area (Å²) in [4.78, 5) is 17.6. The fourth-order valence-electron chi connectivity index (χ4n) is 8.42. The molecule has 2 heterocycles. The number of phenols is 1. The predicted octanol–water partition coefficient (Wildman–Crippen LogP) is 9.46. The van der Waals surface area contributed by atoms with Gasteiger partial charge in [0, 0.05) is 43.5 Å². The number of nitrogens with zero attached hydrogens (tertiary/aromatic N) is 1. The van der Waals surface area contributed by atoms with Crippen molar-refractivity contribution in [2.24, 2.45) is 22.6 Å². The second-order valence-corrected chi connectivity index (χ2v) is 15.6. The molecule has 9 nitrogen and oxygen atoms in total. The van der Waals surface area contributed by atoms with Crippen LogP contribution in [0.15, 0.2) is 95.7 Å². The molecule has 0 aromatic heterocycles. The Morgan fingerprint density at radius 2 is 1.91 bits per heavy atom. The summed E-state index contributed by atoms with van der Waals surface area (Å²) in [5, 5.41) is 27.1. The van der Waals surface area contributed by atoms with Crippen LogP contribution in [0, 0.1) is 23.9 Å². The number of aryl methyl sites for hydroxylation is 2. The van der Waals surface area contributed by atoms with Crippen molar-refractivity contribution < 1.29 is 29.2 Å². The smallest absolute Gasteiger partial charge is 0.192 e. The van der Waals surface area contributed by atoms with E-state index in [1.807, 2.05) is 42.5 Å². The zero-order valence-electron chi connectivity index (χ0n) is 33.6. The van der Waals surface area contributed by atoms with Crippen molar-refractivity contribution in [1.29, 1.82) is 0 Å². The molecule has 0 amide bonds. The number of methoxy groups -OCH3 is 1. The highest BCUT2D eigenvalue weighted by Crippen LogP contribution is 2.42. The van der Waals surface area contributed by atoms with Gasteiger partial charge in [0.2, 0.25) is 0 Å². The van der Waals surface area contributed by atoms with Gasteiger partial charge in [-0.2, -0.15) is 0 Å². The number of carbonyl (C=O) groups is 1. The molecule has 0 unspecified atom stereocenters. The van der Waals surface area contributed by atoms with Gasteiger partial charge in [0.15, 0.2) is 17.5 Å². The van der Waals surface area contributed by atoms with Crippen LogP contribution < -0.4 is 20.5 Å². The van der Waals surface area contributed by atoms with E-state index in [9.17, 15) is 15.0 Å². The zero-order valence-corrected chi connectivity index (χ0v) is 33.6. The lowest BCUT2D eigenvalue weighted by Crippen LogP contribution is -2.24. The SMILES string of the molecule is CN=C(N)Nc1cccc(CCCC[C@@H]2C=CC(O)=C[C@@H]2C[C@H]2CC(=O)CCc3ccc(OC)c(c3)OCc3ccc4c(c(O)cc5c4c3C=C[C@@H]5C)CC#CO2)c1. The molecule has 6 bridgehead atoms. The molecule has 8 rings (SSSR count). The summed E-state index contributed by atoms with van der Waals surface area (Å²) in [5.41, 5.74) is 12.8. The van der Waals surface area contributed by atoms with Crippen molar-refractivity contribution in [3.05, 3.63) is 124 Å². The number of ether oxygens (including phenoxy) is 3. The highest BCUT2D eigenvalue weighted by Gasteiger charge is 2.27. The normalized spacial score (nSPS) is 20.6. The summed E-state index contributed by atoms with van der Waals surface area (Å²) >= 11 is 0. The van der Waals surface area contributed by atoms with E-state index in [0.717, 1.165) is 70.0 Å². The number of rotatable bonds is 9. The van der Waals surface area contributed by atoms with Crippen LogP contribution in [0.1, 0.15) is 84.7 Å². The van der Waals surface area contributed by atoms with E-state index in [2.05, 4.69) is 71.8 Å². The molecular formula is C49H53N3O6. The van der Waals surface area contributed by atoms with Crippen LogP contribution in [0.25, 0.3) is 16.8 Å². The van der Waals surface area contributed by atoms with Crippen LogP contribution in [-0.4, -0.2) is 42.2 Å². The molecule has 2 aliphatic heterocycles. The van der Waals surface area contributed by atoms with E-state index in [1.54, 1.807) is 20.2 Å². The maximum absolute atomic E-state index is 13.6. The van der Waals surface area contributed by atoms with Gasteiger partial charge in [-0.25, -0.2) is 0 Å². The minimum atomic E-state index is -0.493. The fourth-order valence-corrected chi connectivity index (χ4v) is 8.42. The number of guanidine groups is 1. The average molecular weight is 780 g/mol. The van der Waals surface area contributed by atoms with Crippen LogP contribution in [0.4, 0.5) is 5.69 Å². The highest BCUT2D eigenvalue weighted by molar-refractivity contribution is 6.00. The van der Waals surface area contributed by atoms with Gasteiger partial charge < -0.3 is 35.5 Å². The maximum Gasteiger partial charge on any atom is 0.192 e. The Kier molecular flexibility index (Phi) is 12.7. The van der Waals surface area contributed by atoms with E-state index in [-0.39, 0.29) is 47.9 Å². The van der Waals surface area contributed by atoms with Crippen LogP contribution in [0.5, 0.6) is 17.2 Å². The molecule has 2 aliphatic carbocycles. The van der Waals surface area contributed by atoms with Gasteiger partial charge in [-0.15, -0.1) is 0 Å². The molecule has 58 heavy (non-hydrogen) atoms. The van der Waals surface area contributed by atoms with Crippen molar-refractivity contribution in [3.8, 4) is 29.3 Å². The van der Waals surface area contributed by atoms with E-state index < -0.39 is 6.10 Å². The van der Waals surface area contributed by atoms with Gasteiger partial charge in [-0.1, -0.05) is 67.8 Å². The van der Waals surface area contributed by atoms with E-state index in [4.69, 9.17) is 19.9 Å². The van der Waals surface area contributed by atoms with Crippen molar-refractivity contribution in [2.45, 2.75) is 83.3 Å². The molecular weight excluding hydrogens is 727 g/mol. The van der Waals surface area contributed by atoms with Gasteiger partial charge >= 0.3 is 0 Å². The number of aliphatic hydroxyl groups excluding tert-OH is 1. The largest absolute Gasteiger partial charge is 0.508 e. The van der Waals surface area contributed by atoms with Gasteiger partial charge in [-0.05, 0) is 125 Å². The lowest BCUT2D eigenvalue weighted by Gasteiger charge is -2.28. The Morgan fingerprint density at radius 3 is 2.76 bits per heavy atom.